The largest absolute Gasteiger partial charge is 0.489 e. The Bertz CT molecular complexity index is 1370. The molecule has 0 bridgehead atoms. The third kappa shape index (κ3) is 8.22. The lowest BCUT2D eigenvalue weighted by atomic mass is 10.0. The standard InChI is InChI=1S/C25H25F4N5O5.2ClH/c1-11(30)21-20(22(35)32-19(23(36)34-31)15-6-5-14(26)9-16(15)27)33-24(39-21)13-4-7-17(38-25(28)29)18(8-13)37-10-12-2-3-12;;/h4-9,11-12,19,25H,2-3,10,30-31H2,1H3,(H,32,35)(H,34,36);2*1H/t11-,19-;;/m0../s1. The number of alkyl halides is 2. The number of hydrogen-bond donors (Lipinski definition) is 4. The molecule has 6 N–H and O–H groups in total. The minimum Gasteiger partial charge on any atom is -0.489 e. The summed E-state index contributed by atoms with van der Waals surface area (Å²) in [5.74, 6) is 1.20. The van der Waals surface area contributed by atoms with Gasteiger partial charge in [0, 0.05) is 17.2 Å². The number of carbonyl (C=O) groups excluding carboxylic acids is 2. The summed E-state index contributed by atoms with van der Waals surface area (Å²) >= 11 is 0. The van der Waals surface area contributed by atoms with Crippen LogP contribution in [0.25, 0.3) is 11.5 Å². The number of nitrogens with one attached hydrogen (secondary N) is 2. The highest BCUT2D eigenvalue weighted by Crippen LogP contribution is 2.37. The number of nitrogens with zero attached hydrogens (tertiary/aromatic N) is 1. The van der Waals surface area contributed by atoms with Gasteiger partial charge in [-0.25, -0.2) is 19.6 Å². The number of nitrogens with two attached hydrogens (primary N) is 2. The summed E-state index contributed by atoms with van der Waals surface area (Å²) < 4.78 is 69.5. The van der Waals surface area contributed by atoms with Gasteiger partial charge in [-0.2, -0.15) is 8.78 Å². The summed E-state index contributed by atoms with van der Waals surface area (Å²) in [7, 11) is 0. The van der Waals surface area contributed by atoms with Gasteiger partial charge in [0.05, 0.1) is 12.6 Å². The molecule has 0 aliphatic heterocycles. The van der Waals surface area contributed by atoms with Crippen LogP contribution in [-0.2, 0) is 4.79 Å². The fourth-order valence-corrected chi connectivity index (χ4v) is 3.67. The zero-order chi connectivity index (χ0) is 28.3. The van der Waals surface area contributed by atoms with Gasteiger partial charge < -0.3 is 24.9 Å². The van der Waals surface area contributed by atoms with Crippen LogP contribution >= 0.6 is 24.8 Å². The second-order valence-electron chi connectivity index (χ2n) is 8.90. The molecule has 1 heterocycles. The van der Waals surface area contributed by atoms with Crippen molar-refractivity contribution in [3.63, 3.8) is 0 Å². The molecule has 1 aromatic heterocycles. The maximum atomic E-state index is 14.4. The van der Waals surface area contributed by atoms with Gasteiger partial charge in [0.1, 0.15) is 17.7 Å². The van der Waals surface area contributed by atoms with Crippen LogP contribution in [0.1, 0.15) is 53.7 Å². The first kappa shape index (κ1) is 33.6. The fraction of sp³-hybridized carbons (Fsp3) is 0.320. The zero-order valence-corrected chi connectivity index (χ0v) is 23.0. The van der Waals surface area contributed by atoms with E-state index in [4.69, 9.17) is 20.7 Å². The average Bonchev–Trinajstić information content (AvgIpc) is 3.61. The molecule has 0 radical (unpaired) electrons. The van der Waals surface area contributed by atoms with Crippen LogP contribution in [-0.4, -0.2) is 30.0 Å². The van der Waals surface area contributed by atoms with Crippen LogP contribution in [0.15, 0.2) is 40.8 Å². The quantitative estimate of drug-likeness (QED) is 0.106. The summed E-state index contributed by atoms with van der Waals surface area (Å²) in [6.07, 6.45) is 1.93. The van der Waals surface area contributed by atoms with Crippen LogP contribution in [0.3, 0.4) is 0 Å². The lowest BCUT2D eigenvalue weighted by molar-refractivity contribution is -0.123. The van der Waals surface area contributed by atoms with E-state index in [0.717, 1.165) is 25.0 Å². The van der Waals surface area contributed by atoms with Crippen molar-refractivity contribution in [2.75, 3.05) is 6.61 Å². The maximum absolute atomic E-state index is 14.4. The van der Waals surface area contributed by atoms with Crippen molar-refractivity contribution in [2.24, 2.45) is 17.5 Å². The first-order valence-corrected chi connectivity index (χ1v) is 11.8. The van der Waals surface area contributed by atoms with Crippen LogP contribution in [0.2, 0.25) is 0 Å². The zero-order valence-electron chi connectivity index (χ0n) is 21.4. The Morgan fingerprint density at radius 3 is 2.41 bits per heavy atom. The van der Waals surface area contributed by atoms with E-state index in [1.54, 1.807) is 0 Å². The number of carbonyl (C=O) groups is 2. The van der Waals surface area contributed by atoms with Gasteiger partial charge in [0.2, 0.25) is 5.89 Å². The minimum absolute atomic E-state index is 0. The van der Waals surface area contributed by atoms with E-state index in [1.165, 1.54) is 25.1 Å². The summed E-state index contributed by atoms with van der Waals surface area (Å²) in [4.78, 5) is 29.7. The average molecular weight is 624 g/mol. The van der Waals surface area contributed by atoms with Gasteiger partial charge in [-0.05, 0) is 49.9 Å². The molecule has 10 nitrogen and oxygen atoms in total. The first-order chi connectivity index (χ1) is 18.6. The number of amides is 2. The number of oxazole rings is 1. The Balaban J connectivity index is 0.00000294. The molecule has 0 unspecified atom stereocenters. The van der Waals surface area contributed by atoms with Crippen molar-refractivity contribution in [3.8, 4) is 23.0 Å². The lowest BCUT2D eigenvalue weighted by Gasteiger charge is -2.18. The van der Waals surface area contributed by atoms with E-state index in [0.29, 0.717) is 18.6 Å². The van der Waals surface area contributed by atoms with Gasteiger partial charge in [0.25, 0.3) is 11.8 Å². The van der Waals surface area contributed by atoms with E-state index < -0.39 is 42.1 Å². The second kappa shape index (κ2) is 14.3. The highest BCUT2D eigenvalue weighted by molar-refractivity contribution is 5.97. The van der Waals surface area contributed by atoms with Gasteiger partial charge in [-0.15, -0.1) is 24.8 Å². The summed E-state index contributed by atoms with van der Waals surface area (Å²) in [5, 5.41) is 2.30. The molecule has 1 saturated carbocycles. The Labute approximate surface area is 243 Å². The Morgan fingerprint density at radius 2 is 1.83 bits per heavy atom. The number of hydrogen-bond acceptors (Lipinski definition) is 8. The van der Waals surface area contributed by atoms with E-state index in [1.807, 2.05) is 5.43 Å². The third-order valence-corrected chi connectivity index (χ3v) is 5.81. The molecule has 224 valence electrons. The molecular weight excluding hydrogens is 597 g/mol. The number of hydrazine groups is 1. The SMILES string of the molecule is C[C@H](N)c1oc(-c2ccc(OC(F)F)c(OCC3CC3)c2)nc1C(=O)N[C@H](C(=O)NN)c1ccc(F)cc1F.Cl.Cl. The number of rotatable bonds is 11. The highest BCUT2D eigenvalue weighted by atomic mass is 35.5. The predicted molar refractivity (Wildman–Crippen MR) is 143 cm³/mol. The van der Waals surface area contributed by atoms with Gasteiger partial charge in [0.15, 0.2) is 23.0 Å². The highest BCUT2D eigenvalue weighted by Gasteiger charge is 2.30. The molecule has 1 fully saturated rings. The second-order valence-corrected chi connectivity index (χ2v) is 8.90. The molecule has 3 aromatic rings. The van der Waals surface area contributed by atoms with Crippen molar-refractivity contribution in [1.82, 2.24) is 15.7 Å². The van der Waals surface area contributed by atoms with Gasteiger partial charge >= 0.3 is 6.61 Å². The van der Waals surface area contributed by atoms with Crippen molar-refractivity contribution in [1.29, 1.82) is 0 Å². The van der Waals surface area contributed by atoms with Crippen molar-refractivity contribution in [2.45, 2.75) is 38.5 Å². The topological polar surface area (TPSA) is 155 Å². The molecule has 2 atom stereocenters. The molecule has 16 heteroatoms. The maximum Gasteiger partial charge on any atom is 0.387 e. The lowest BCUT2D eigenvalue weighted by Crippen LogP contribution is -2.43. The molecule has 2 aromatic carbocycles. The molecular formula is C25H27Cl2F4N5O5. The molecule has 1 aliphatic rings. The molecule has 2 amide bonds. The normalized spacial score (nSPS) is 13.9. The number of benzene rings is 2. The Hall–Kier alpha value is -3.59. The molecule has 0 saturated heterocycles. The van der Waals surface area contributed by atoms with E-state index in [-0.39, 0.29) is 64.8 Å². The van der Waals surface area contributed by atoms with Crippen LogP contribution in [0, 0.1) is 17.6 Å². The smallest absolute Gasteiger partial charge is 0.387 e. The van der Waals surface area contributed by atoms with Crippen LogP contribution < -0.4 is 31.8 Å². The summed E-state index contributed by atoms with van der Waals surface area (Å²) in [6.45, 7) is -1.27. The van der Waals surface area contributed by atoms with E-state index >= 15 is 0 Å². The molecule has 1 aliphatic carbocycles. The van der Waals surface area contributed by atoms with Crippen molar-refractivity contribution < 1.29 is 41.0 Å². The predicted octanol–water partition coefficient (Wildman–Crippen LogP) is 4.33. The molecule has 41 heavy (non-hydrogen) atoms. The van der Waals surface area contributed by atoms with E-state index in [9.17, 15) is 27.2 Å². The number of ether oxygens (including phenoxy) is 2. The van der Waals surface area contributed by atoms with Crippen molar-refractivity contribution >= 4 is 36.6 Å². The van der Waals surface area contributed by atoms with Gasteiger partial charge in [-0.1, -0.05) is 6.07 Å². The molecule has 4 rings (SSSR count). The number of halogens is 6. The van der Waals surface area contributed by atoms with Crippen molar-refractivity contribution in [3.05, 3.63) is 65.1 Å². The van der Waals surface area contributed by atoms with E-state index in [2.05, 4.69) is 15.0 Å². The van der Waals surface area contributed by atoms with Crippen LogP contribution in [0.4, 0.5) is 17.6 Å². The minimum atomic E-state index is -3.08. The fourth-order valence-electron chi connectivity index (χ4n) is 3.67. The third-order valence-electron chi connectivity index (χ3n) is 5.81. The summed E-state index contributed by atoms with van der Waals surface area (Å²) in [6, 6.07) is 3.92. The first-order valence-electron chi connectivity index (χ1n) is 11.8. The van der Waals surface area contributed by atoms with Crippen LogP contribution in [0.5, 0.6) is 11.5 Å². The molecule has 0 spiro atoms. The summed E-state index contributed by atoms with van der Waals surface area (Å²) in [5.41, 5.74) is 7.35. The Kier molecular flexibility index (Phi) is 11.8. The number of aromatic nitrogens is 1. The monoisotopic (exact) mass is 623 g/mol. The van der Waals surface area contributed by atoms with Gasteiger partial charge in [-0.3, -0.25) is 15.0 Å². The Morgan fingerprint density at radius 1 is 1.12 bits per heavy atom.